The van der Waals surface area contributed by atoms with E-state index in [4.69, 9.17) is 9.47 Å². The van der Waals surface area contributed by atoms with Crippen LogP contribution in [0.4, 0.5) is 4.79 Å². The Hall–Kier alpha value is -1.59. The molecule has 0 N–H and O–H groups in total. The second-order valence-corrected chi connectivity index (χ2v) is 6.39. The fraction of sp³-hybridized carbons (Fsp3) is 0.800. The summed E-state index contributed by atoms with van der Waals surface area (Å²) in [6, 6.07) is 0. The van der Waals surface area contributed by atoms with Crippen molar-refractivity contribution in [2.45, 2.75) is 53.1 Å². The average Bonchev–Trinajstić information content (AvgIpc) is 2.78. The van der Waals surface area contributed by atoms with Gasteiger partial charge in [-0.2, -0.15) is 0 Å². The molecule has 0 aromatic rings. The van der Waals surface area contributed by atoms with Crippen LogP contribution in [0, 0.1) is 11.8 Å². The molecule has 0 aromatic heterocycles. The third-order valence-corrected chi connectivity index (χ3v) is 3.50. The van der Waals surface area contributed by atoms with Crippen LogP contribution >= 0.6 is 0 Å². The molecule has 1 heterocycles. The molecule has 2 atom stereocenters. The first-order chi connectivity index (χ1) is 9.65. The Morgan fingerprint density at radius 2 is 2.00 bits per heavy atom. The summed E-state index contributed by atoms with van der Waals surface area (Å²) < 4.78 is 10.1. The standard InChI is InChI=1S/C15H25NO5/c1-6-10(2)11(13(18)21-15(3,4)5)9-12(17)16-7-8-20-14(16)19/h10-11H,6-9H2,1-5H3/t10-,11+/m1/s1. The fourth-order valence-electron chi connectivity index (χ4n) is 2.10. The van der Waals surface area contributed by atoms with Gasteiger partial charge < -0.3 is 9.47 Å². The molecule has 0 bridgehead atoms. The van der Waals surface area contributed by atoms with Gasteiger partial charge in [0, 0.05) is 6.42 Å². The number of esters is 1. The first-order valence-electron chi connectivity index (χ1n) is 7.35. The van der Waals surface area contributed by atoms with Gasteiger partial charge in [-0.15, -0.1) is 0 Å². The number of cyclic esters (lactones) is 1. The predicted molar refractivity (Wildman–Crippen MR) is 76.5 cm³/mol. The van der Waals surface area contributed by atoms with Gasteiger partial charge in [0.05, 0.1) is 12.5 Å². The molecule has 0 aliphatic carbocycles. The molecular formula is C15H25NO5. The number of imide groups is 1. The van der Waals surface area contributed by atoms with Crippen molar-refractivity contribution < 1.29 is 23.9 Å². The Morgan fingerprint density at radius 3 is 2.43 bits per heavy atom. The molecule has 0 unspecified atom stereocenters. The maximum atomic E-state index is 12.3. The van der Waals surface area contributed by atoms with E-state index in [1.807, 2.05) is 13.8 Å². The molecule has 6 nitrogen and oxygen atoms in total. The zero-order valence-electron chi connectivity index (χ0n) is 13.5. The number of carbonyl (C=O) groups is 3. The van der Waals surface area contributed by atoms with Crippen molar-refractivity contribution in [2.75, 3.05) is 13.2 Å². The molecule has 1 fully saturated rings. The lowest BCUT2D eigenvalue weighted by molar-refractivity contribution is -0.163. The summed E-state index contributed by atoms with van der Waals surface area (Å²) in [6.45, 7) is 9.69. The molecule has 21 heavy (non-hydrogen) atoms. The van der Waals surface area contributed by atoms with Gasteiger partial charge in [-0.1, -0.05) is 20.3 Å². The van der Waals surface area contributed by atoms with Crippen molar-refractivity contribution in [3.05, 3.63) is 0 Å². The average molecular weight is 299 g/mol. The van der Waals surface area contributed by atoms with Crippen LogP contribution in [0.5, 0.6) is 0 Å². The van der Waals surface area contributed by atoms with Crippen LogP contribution in [-0.4, -0.2) is 41.6 Å². The Bertz CT molecular complexity index is 413. The minimum atomic E-state index is -0.632. The number of amides is 2. The van der Waals surface area contributed by atoms with E-state index in [0.29, 0.717) is 0 Å². The minimum Gasteiger partial charge on any atom is -0.460 e. The molecule has 120 valence electrons. The van der Waals surface area contributed by atoms with Crippen LogP contribution in [0.1, 0.15) is 47.5 Å². The van der Waals surface area contributed by atoms with E-state index in [0.717, 1.165) is 11.3 Å². The van der Waals surface area contributed by atoms with E-state index in [-0.39, 0.29) is 31.4 Å². The summed E-state index contributed by atoms with van der Waals surface area (Å²) >= 11 is 0. The largest absolute Gasteiger partial charge is 0.460 e. The molecule has 1 saturated heterocycles. The molecule has 1 aliphatic heterocycles. The maximum Gasteiger partial charge on any atom is 0.416 e. The summed E-state index contributed by atoms with van der Waals surface area (Å²) in [5.74, 6) is -1.32. The smallest absolute Gasteiger partial charge is 0.416 e. The number of ether oxygens (including phenoxy) is 2. The zero-order valence-corrected chi connectivity index (χ0v) is 13.5. The molecule has 1 rings (SSSR count). The Labute approximate surface area is 125 Å². The van der Waals surface area contributed by atoms with E-state index in [1.165, 1.54) is 0 Å². The van der Waals surface area contributed by atoms with Crippen LogP contribution < -0.4 is 0 Å². The number of hydrogen-bond acceptors (Lipinski definition) is 5. The minimum absolute atomic E-state index is 0.00224. The number of rotatable bonds is 5. The third kappa shape index (κ3) is 5.02. The lowest BCUT2D eigenvalue weighted by Gasteiger charge is -2.27. The highest BCUT2D eigenvalue weighted by Crippen LogP contribution is 2.24. The SMILES string of the molecule is CC[C@@H](C)[C@H](CC(=O)N1CCOC1=O)C(=O)OC(C)(C)C. The van der Waals surface area contributed by atoms with Crippen molar-refractivity contribution >= 4 is 18.0 Å². The van der Waals surface area contributed by atoms with Crippen molar-refractivity contribution in [1.82, 2.24) is 4.90 Å². The van der Waals surface area contributed by atoms with Gasteiger partial charge in [-0.3, -0.25) is 9.59 Å². The number of nitrogens with zero attached hydrogens (tertiary/aromatic N) is 1. The lowest BCUT2D eigenvalue weighted by Crippen LogP contribution is -2.38. The molecular weight excluding hydrogens is 274 g/mol. The van der Waals surface area contributed by atoms with Gasteiger partial charge in [0.2, 0.25) is 5.91 Å². The molecule has 0 spiro atoms. The van der Waals surface area contributed by atoms with Crippen molar-refractivity contribution in [3.63, 3.8) is 0 Å². The zero-order chi connectivity index (χ0) is 16.2. The Morgan fingerprint density at radius 1 is 1.38 bits per heavy atom. The highest BCUT2D eigenvalue weighted by molar-refractivity contribution is 5.94. The highest BCUT2D eigenvalue weighted by Gasteiger charge is 2.35. The molecule has 0 radical (unpaired) electrons. The number of hydrogen-bond donors (Lipinski definition) is 0. The fourth-order valence-corrected chi connectivity index (χ4v) is 2.10. The highest BCUT2D eigenvalue weighted by atomic mass is 16.6. The Balaban J connectivity index is 2.76. The second-order valence-electron chi connectivity index (χ2n) is 6.39. The van der Waals surface area contributed by atoms with Gasteiger partial charge in [0.1, 0.15) is 12.2 Å². The first kappa shape index (κ1) is 17.5. The molecule has 2 amide bonds. The van der Waals surface area contributed by atoms with Gasteiger partial charge in [-0.05, 0) is 26.7 Å². The van der Waals surface area contributed by atoms with E-state index < -0.39 is 23.6 Å². The number of carbonyl (C=O) groups excluding carboxylic acids is 3. The quantitative estimate of drug-likeness (QED) is 0.729. The summed E-state index contributed by atoms with van der Waals surface area (Å²) in [7, 11) is 0. The monoisotopic (exact) mass is 299 g/mol. The summed E-state index contributed by atoms with van der Waals surface area (Å²) in [6.07, 6.45) is 0.0905. The predicted octanol–water partition coefficient (Wildman–Crippen LogP) is 2.36. The van der Waals surface area contributed by atoms with Gasteiger partial charge in [0.25, 0.3) is 0 Å². The van der Waals surface area contributed by atoms with Gasteiger partial charge in [-0.25, -0.2) is 9.69 Å². The van der Waals surface area contributed by atoms with Crippen LogP contribution in [0.3, 0.4) is 0 Å². The van der Waals surface area contributed by atoms with Crippen molar-refractivity contribution in [2.24, 2.45) is 11.8 Å². The second kappa shape index (κ2) is 6.91. The van der Waals surface area contributed by atoms with E-state index in [9.17, 15) is 14.4 Å². The van der Waals surface area contributed by atoms with E-state index in [2.05, 4.69) is 0 Å². The first-order valence-corrected chi connectivity index (χ1v) is 7.35. The summed E-state index contributed by atoms with van der Waals surface area (Å²) in [4.78, 5) is 36.9. The molecule has 0 saturated carbocycles. The topological polar surface area (TPSA) is 72.9 Å². The van der Waals surface area contributed by atoms with Crippen LogP contribution in [-0.2, 0) is 19.1 Å². The van der Waals surface area contributed by atoms with Crippen molar-refractivity contribution in [3.8, 4) is 0 Å². The summed E-state index contributed by atoms with van der Waals surface area (Å²) in [5, 5.41) is 0. The van der Waals surface area contributed by atoms with Crippen LogP contribution in [0.2, 0.25) is 0 Å². The summed E-state index contributed by atoms with van der Waals surface area (Å²) in [5.41, 5.74) is -0.599. The van der Waals surface area contributed by atoms with Crippen LogP contribution in [0.15, 0.2) is 0 Å². The molecule has 0 aromatic carbocycles. The van der Waals surface area contributed by atoms with Crippen LogP contribution in [0.25, 0.3) is 0 Å². The normalized spacial score (nSPS) is 18.1. The molecule has 1 aliphatic rings. The molecule has 6 heteroatoms. The van der Waals surface area contributed by atoms with Crippen molar-refractivity contribution in [1.29, 1.82) is 0 Å². The Kier molecular flexibility index (Phi) is 5.75. The van der Waals surface area contributed by atoms with Gasteiger partial charge in [0.15, 0.2) is 0 Å². The van der Waals surface area contributed by atoms with Gasteiger partial charge >= 0.3 is 12.1 Å². The maximum absolute atomic E-state index is 12.3. The lowest BCUT2D eigenvalue weighted by atomic mass is 9.88. The third-order valence-electron chi connectivity index (χ3n) is 3.50. The van der Waals surface area contributed by atoms with E-state index in [1.54, 1.807) is 20.8 Å². The van der Waals surface area contributed by atoms with E-state index >= 15 is 0 Å².